The number of rotatable bonds is 6. The van der Waals surface area contributed by atoms with E-state index in [0.29, 0.717) is 0 Å². The molecule has 0 fully saturated rings. The van der Waals surface area contributed by atoms with Crippen LogP contribution in [0.15, 0.2) is 53.4 Å². The van der Waals surface area contributed by atoms with Gasteiger partial charge < -0.3 is 9.84 Å². The summed E-state index contributed by atoms with van der Waals surface area (Å²) in [6, 6.07) is 9.67. The van der Waals surface area contributed by atoms with Gasteiger partial charge in [-0.05, 0) is 42.5 Å². The summed E-state index contributed by atoms with van der Waals surface area (Å²) in [6.45, 7) is -2.98. The Morgan fingerprint density at radius 1 is 1.13 bits per heavy atom. The van der Waals surface area contributed by atoms with E-state index < -0.39 is 22.6 Å². The van der Waals surface area contributed by atoms with E-state index in [1.807, 2.05) is 0 Å². The van der Waals surface area contributed by atoms with Gasteiger partial charge in [0.15, 0.2) is 0 Å². The Morgan fingerprint density at radius 3 is 2.35 bits per heavy atom. The zero-order valence-corrected chi connectivity index (χ0v) is 12.3. The first kappa shape index (κ1) is 16.7. The van der Waals surface area contributed by atoms with Gasteiger partial charge in [0.05, 0.1) is 10.5 Å². The molecule has 0 unspecified atom stereocenters. The molecule has 0 saturated heterocycles. The van der Waals surface area contributed by atoms with Crippen LogP contribution in [-0.2, 0) is 10.0 Å². The molecule has 0 radical (unpaired) electrons. The molecule has 2 N–H and O–H groups in total. The summed E-state index contributed by atoms with van der Waals surface area (Å²) in [6.07, 6.45) is 0. The smallest absolute Gasteiger partial charge is 0.387 e. The molecule has 2 aromatic carbocycles. The van der Waals surface area contributed by atoms with Crippen LogP contribution in [0, 0.1) is 0 Å². The lowest BCUT2D eigenvalue weighted by Crippen LogP contribution is -2.13. The normalized spacial score (nSPS) is 11.3. The number of ether oxygens (including phenoxy) is 1. The molecule has 0 bridgehead atoms. The lowest BCUT2D eigenvalue weighted by molar-refractivity contribution is -0.0498. The van der Waals surface area contributed by atoms with Crippen molar-refractivity contribution < 1.29 is 31.8 Å². The number of anilines is 1. The van der Waals surface area contributed by atoms with Crippen LogP contribution in [0.2, 0.25) is 0 Å². The van der Waals surface area contributed by atoms with E-state index in [2.05, 4.69) is 9.46 Å². The van der Waals surface area contributed by atoms with Gasteiger partial charge in [-0.25, -0.2) is 13.2 Å². The van der Waals surface area contributed by atoms with E-state index in [-0.39, 0.29) is 21.9 Å². The van der Waals surface area contributed by atoms with Crippen LogP contribution in [-0.4, -0.2) is 26.1 Å². The fraction of sp³-hybridized carbons (Fsp3) is 0.0714. The van der Waals surface area contributed by atoms with Crippen molar-refractivity contribution in [3.8, 4) is 5.75 Å². The molecule has 23 heavy (non-hydrogen) atoms. The van der Waals surface area contributed by atoms with E-state index >= 15 is 0 Å². The number of carbonyl (C=O) groups is 1. The van der Waals surface area contributed by atoms with Crippen molar-refractivity contribution in [1.82, 2.24) is 0 Å². The van der Waals surface area contributed by atoms with Crippen molar-refractivity contribution in [2.24, 2.45) is 0 Å². The second-order valence-corrected chi connectivity index (χ2v) is 6.02. The Morgan fingerprint density at radius 2 is 1.78 bits per heavy atom. The monoisotopic (exact) mass is 343 g/mol. The molecule has 0 saturated carbocycles. The number of carboxylic acids is 1. The second-order valence-electron chi connectivity index (χ2n) is 4.34. The van der Waals surface area contributed by atoms with Gasteiger partial charge in [0, 0.05) is 5.69 Å². The molecule has 0 spiro atoms. The Balaban J connectivity index is 2.21. The molecule has 0 heterocycles. The van der Waals surface area contributed by atoms with Crippen LogP contribution in [0.25, 0.3) is 0 Å². The van der Waals surface area contributed by atoms with Crippen molar-refractivity contribution in [3.63, 3.8) is 0 Å². The zero-order valence-electron chi connectivity index (χ0n) is 11.4. The summed E-state index contributed by atoms with van der Waals surface area (Å²) in [5.41, 5.74) is -0.0547. The number of carboxylic acid groups (broad SMARTS) is 1. The Kier molecular flexibility index (Phi) is 4.80. The van der Waals surface area contributed by atoms with Crippen LogP contribution in [0.5, 0.6) is 5.75 Å². The standard InChI is InChI=1S/C14H11F2NO5S/c15-14(16)22-11-6-4-10(5-7-11)17-23(20,21)12-3-1-2-9(8-12)13(18)19/h1-8,14,17H,(H,18,19). The maximum atomic E-state index is 12.2. The van der Waals surface area contributed by atoms with Crippen LogP contribution in [0.3, 0.4) is 0 Å². The molecule has 122 valence electrons. The molecule has 2 aromatic rings. The molecular weight excluding hydrogens is 332 g/mol. The predicted molar refractivity (Wildman–Crippen MR) is 77.3 cm³/mol. The summed E-state index contributed by atoms with van der Waals surface area (Å²) < 4.78 is 54.8. The van der Waals surface area contributed by atoms with Gasteiger partial charge >= 0.3 is 12.6 Å². The van der Waals surface area contributed by atoms with Gasteiger partial charge in [0.2, 0.25) is 0 Å². The highest BCUT2D eigenvalue weighted by atomic mass is 32.2. The first-order chi connectivity index (χ1) is 10.8. The third-order valence-corrected chi connectivity index (χ3v) is 4.10. The summed E-state index contributed by atoms with van der Waals surface area (Å²) in [7, 11) is -4.01. The topological polar surface area (TPSA) is 92.7 Å². The van der Waals surface area contributed by atoms with Gasteiger partial charge in [-0.1, -0.05) is 6.07 Å². The summed E-state index contributed by atoms with van der Waals surface area (Å²) in [4.78, 5) is 10.6. The highest BCUT2D eigenvalue weighted by Crippen LogP contribution is 2.21. The molecule has 0 amide bonds. The molecule has 6 nitrogen and oxygen atoms in total. The van der Waals surface area contributed by atoms with E-state index in [4.69, 9.17) is 5.11 Å². The molecule has 0 aliphatic heterocycles. The summed E-state index contributed by atoms with van der Waals surface area (Å²) in [5, 5.41) is 8.88. The van der Waals surface area contributed by atoms with Crippen LogP contribution >= 0.6 is 0 Å². The van der Waals surface area contributed by atoms with Crippen molar-refractivity contribution in [2.45, 2.75) is 11.5 Å². The largest absolute Gasteiger partial charge is 0.478 e. The number of nitrogens with one attached hydrogen (secondary N) is 1. The molecule has 0 atom stereocenters. The number of alkyl halides is 2. The van der Waals surface area contributed by atoms with Gasteiger partial charge in [-0.3, -0.25) is 4.72 Å². The summed E-state index contributed by atoms with van der Waals surface area (Å²) >= 11 is 0. The molecule has 0 aliphatic rings. The van der Waals surface area contributed by atoms with Gasteiger partial charge in [0.25, 0.3) is 10.0 Å². The number of aromatic carboxylic acids is 1. The minimum atomic E-state index is -4.01. The fourth-order valence-electron chi connectivity index (χ4n) is 1.71. The SMILES string of the molecule is O=C(O)c1cccc(S(=O)(=O)Nc2ccc(OC(F)F)cc2)c1. The first-order valence-electron chi connectivity index (χ1n) is 6.19. The number of sulfonamides is 1. The lowest BCUT2D eigenvalue weighted by Gasteiger charge is -2.10. The third kappa shape index (κ3) is 4.39. The van der Waals surface area contributed by atoms with Crippen LogP contribution in [0.4, 0.5) is 14.5 Å². The Labute approximate surface area is 130 Å². The van der Waals surface area contributed by atoms with Crippen LogP contribution < -0.4 is 9.46 Å². The highest BCUT2D eigenvalue weighted by molar-refractivity contribution is 7.92. The van der Waals surface area contributed by atoms with Crippen molar-refractivity contribution in [3.05, 3.63) is 54.1 Å². The Bertz CT molecular complexity index is 806. The number of benzene rings is 2. The van der Waals surface area contributed by atoms with Gasteiger partial charge in [0.1, 0.15) is 5.75 Å². The van der Waals surface area contributed by atoms with Gasteiger partial charge in [-0.2, -0.15) is 8.78 Å². The maximum Gasteiger partial charge on any atom is 0.387 e. The maximum absolute atomic E-state index is 12.2. The van der Waals surface area contributed by atoms with E-state index in [1.165, 1.54) is 42.5 Å². The molecule has 2 rings (SSSR count). The zero-order chi connectivity index (χ0) is 17.0. The molecule has 0 aliphatic carbocycles. The minimum absolute atomic E-state index is 0.115. The van der Waals surface area contributed by atoms with Crippen molar-refractivity contribution >= 4 is 21.7 Å². The average molecular weight is 343 g/mol. The van der Waals surface area contributed by atoms with Crippen molar-refractivity contribution in [1.29, 1.82) is 0 Å². The van der Waals surface area contributed by atoms with Crippen LogP contribution in [0.1, 0.15) is 10.4 Å². The number of hydrogen-bond donors (Lipinski definition) is 2. The number of hydrogen-bond acceptors (Lipinski definition) is 4. The third-order valence-electron chi connectivity index (χ3n) is 2.72. The first-order valence-corrected chi connectivity index (χ1v) is 7.67. The van der Waals surface area contributed by atoms with E-state index in [9.17, 15) is 22.0 Å². The minimum Gasteiger partial charge on any atom is -0.478 e. The Hall–Kier alpha value is -2.68. The lowest BCUT2D eigenvalue weighted by atomic mass is 10.2. The van der Waals surface area contributed by atoms with Crippen molar-refractivity contribution in [2.75, 3.05) is 4.72 Å². The van der Waals surface area contributed by atoms with Gasteiger partial charge in [-0.15, -0.1) is 0 Å². The molecular formula is C14H11F2NO5S. The van der Waals surface area contributed by atoms with E-state index in [0.717, 1.165) is 6.07 Å². The number of halogens is 2. The molecule has 9 heteroatoms. The summed E-state index contributed by atoms with van der Waals surface area (Å²) in [5.74, 6) is -1.37. The van der Waals surface area contributed by atoms with E-state index in [1.54, 1.807) is 0 Å². The fourth-order valence-corrected chi connectivity index (χ4v) is 2.82. The highest BCUT2D eigenvalue weighted by Gasteiger charge is 2.16. The average Bonchev–Trinajstić information content (AvgIpc) is 2.48. The second kappa shape index (κ2) is 6.61. The quantitative estimate of drug-likeness (QED) is 0.841. The predicted octanol–water partition coefficient (Wildman–Crippen LogP) is 2.79. The molecule has 0 aromatic heterocycles.